The van der Waals surface area contributed by atoms with Crippen molar-refractivity contribution in [3.63, 3.8) is 0 Å². The third kappa shape index (κ3) is 33.8. The number of aliphatic hydroxyl groups excluding tert-OH is 2. The van der Waals surface area contributed by atoms with E-state index >= 15 is 0 Å². The van der Waals surface area contributed by atoms with Gasteiger partial charge in [0.15, 0.2) is 24.6 Å². The largest absolute Gasteiger partial charge is 0.479 e. The highest BCUT2D eigenvalue weighted by atomic mass is 16.7. The summed E-state index contributed by atoms with van der Waals surface area (Å²) in [4.78, 5) is 50.8. The molecule has 12 heteroatoms. The van der Waals surface area contributed by atoms with E-state index in [2.05, 4.69) is 20.8 Å². The normalized spacial score (nSPS) is 18.9. The molecule has 382 valence electrons. The highest BCUT2D eigenvalue weighted by Crippen LogP contribution is 2.26. The van der Waals surface area contributed by atoms with Crippen molar-refractivity contribution in [1.82, 2.24) is 0 Å². The molecular formula is C53H98O12. The minimum Gasteiger partial charge on any atom is -0.479 e. The van der Waals surface area contributed by atoms with Crippen molar-refractivity contribution >= 4 is 23.9 Å². The molecule has 1 aliphatic rings. The van der Waals surface area contributed by atoms with Gasteiger partial charge in [-0.15, -0.1) is 0 Å². The third-order valence-corrected chi connectivity index (χ3v) is 12.7. The van der Waals surface area contributed by atoms with Crippen LogP contribution in [0.25, 0.3) is 0 Å². The second-order valence-electron chi connectivity index (χ2n) is 18.9. The van der Waals surface area contributed by atoms with Crippen LogP contribution < -0.4 is 0 Å². The Bertz CT molecular complexity index is 1150. The minimum atomic E-state index is -1.89. The van der Waals surface area contributed by atoms with E-state index in [9.17, 15) is 34.5 Å². The van der Waals surface area contributed by atoms with E-state index < -0.39 is 67.3 Å². The van der Waals surface area contributed by atoms with E-state index in [4.69, 9.17) is 23.7 Å². The topological polar surface area (TPSA) is 175 Å². The fourth-order valence-electron chi connectivity index (χ4n) is 8.49. The molecule has 6 atom stereocenters. The molecule has 0 aliphatic carbocycles. The van der Waals surface area contributed by atoms with Gasteiger partial charge in [0, 0.05) is 19.3 Å². The van der Waals surface area contributed by atoms with E-state index in [1.165, 1.54) is 141 Å². The number of carbonyl (C=O) groups is 4. The van der Waals surface area contributed by atoms with E-state index in [0.717, 1.165) is 64.2 Å². The number of aliphatic hydroxyl groups is 2. The summed E-state index contributed by atoms with van der Waals surface area (Å²) < 4.78 is 28.3. The molecule has 3 N–H and O–H groups in total. The van der Waals surface area contributed by atoms with Gasteiger partial charge in [-0.3, -0.25) is 14.4 Å². The molecule has 0 aromatic rings. The SMILES string of the molecule is CCCCCCCCCCCCCCCC(=O)OCC(COC1OC(C(=O)O)C(O)C(O)C1OC(=O)CCCCCCCCCCCCC)OC(=O)CCCCCCCCCCCCC. The second-order valence-corrected chi connectivity index (χ2v) is 18.9. The van der Waals surface area contributed by atoms with Crippen molar-refractivity contribution < 1.29 is 58.2 Å². The molecule has 0 bridgehead atoms. The maximum absolute atomic E-state index is 13.0. The Morgan fingerprint density at radius 1 is 0.446 bits per heavy atom. The number of carboxylic acids is 1. The molecule has 1 heterocycles. The molecule has 6 unspecified atom stereocenters. The maximum Gasteiger partial charge on any atom is 0.335 e. The number of hydrogen-bond acceptors (Lipinski definition) is 11. The van der Waals surface area contributed by atoms with Crippen LogP contribution >= 0.6 is 0 Å². The van der Waals surface area contributed by atoms with Gasteiger partial charge < -0.3 is 39.0 Å². The van der Waals surface area contributed by atoms with Crippen LogP contribution in [0.2, 0.25) is 0 Å². The second kappa shape index (κ2) is 43.0. The number of hydrogen-bond donors (Lipinski definition) is 3. The van der Waals surface area contributed by atoms with Crippen LogP contribution in [-0.2, 0) is 42.9 Å². The highest BCUT2D eigenvalue weighted by Gasteiger charge is 2.50. The Morgan fingerprint density at radius 3 is 1.15 bits per heavy atom. The molecule has 1 aliphatic heterocycles. The lowest BCUT2D eigenvalue weighted by Gasteiger charge is -2.40. The van der Waals surface area contributed by atoms with Gasteiger partial charge in [0.1, 0.15) is 18.8 Å². The Kier molecular flexibility index (Phi) is 40.2. The van der Waals surface area contributed by atoms with Gasteiger partial charge in [0.05, 0.1) is 6.61 Å². The molecule has 1 fully saturated rings. The molecule has 0 aromatic heterocycles. The zero-order valence-corrected chi connectivity index (χ0v) is 41.8. The number of rotatable bonds is 46. The van der Waals surface area contributed by atoms with Gasteiger partial charge in [-0.2, -0.15) is 0 Å². The number of carbonyl (C=O) groups excluding carboxylic acids is 3. The van der Waals surface area contributed by atoms with Crippen molar-refractivity contribution in [3.05, 3.63) is 0 Å². The lowest BCUT2D eigenvalue weighted by Crippen LogP contribution is -2.61. The predicted molar refractivity (Wildman–Crippen MR) is 257 cm³/mol. The summed E-state index contributed by atoms with van der Waals surface area (Å²) in [6.45, 7) is 5.97. The van der Waals surface area contributed by atoms with E-state index in [-0.39, 0.29) is 25.9 Å². The number of unbranched alkanes of at least 4 members (excludes halogenated alkanes) is 32. The molecule has 0 saturated carbocycles. The fourth-order valence-corrected chi connectivity index (χ4v) is 8.49. The van der Waals surface area contributed by atoms with Crippen LogP contribution in [0, 0.1) is 0 Å². The summed E-state index contributed by atoms with van der Waals surface area (Å²) in [7, 11) is 0. The smallest absolute Gasteiger partial charge is 0.335 e. The third-order valence-electron chi connectivity index (χ3n) is 12.7. The number of carboxylic acid groups (broad SMARTS) is 1. The molecule has 12 nitrogen and oxygen atoms in total. The van der Waals surface area contributed by atoms with Gasteiger partial charge >= 0.3 is 23.9 Å². The van der Waals surface area contributed by atoms with Gasteiger partial charge in [-0.1, -0.05) is 226 Å². The fraction of sp³-hybridized carbons (Fsp3) is 0.925. The van der Waals surface area contributed by atoms with Crippen molar-refractivity contribution in [2.45, 2.75) is 302 Å². The zero-order valence-electron chi connectivity index (χ0n) is 41.8. The van der Waals surface area contributed by atoms with E-state index in [1.54, 1.807) is 0 Å². The molecule has 1 saturated heterocycles. The quantitative estimate of drug-likeness (QED) is 0.0300. The summed E-state index contributed by atoms with van der Waals surface area (Å²) in [5, 5.41) is 31.3. The van der Waals surface area contributed by atoms with Gasteiger partial charge in [0.25, 0.3) is 0 Å². The number of aliphatic carboxylic acids is 1. The Balaban J connectivity index is 2.71. The maximum atomic E-state index is 13.0. The number of ether oxygens (including phenoxy) is 5. The van der Waals surface area contributed by atoms with E-state index in [1.807, 2.05) is 0 Å². The monoisotopic (exact) mass is 927 g/mol. The van der Waals surface area contributed by atoms with E-state index in [0.29, 0.717) is 19.3 Å². The van der Waals surface area contributed by atoms with Gasteiger partial charge in [-0.25, -0.2) is 4.79 Å². The lowest BCUT2D eigenvalue weighted by molar-refractivity contribution is -0.301. The van der Waals surface area contributed by atoms with Gasteiger partial charge in [-0.05, 0) is 19.3 Å². The first-order valence-electron chi connectivity index (χ1n) is 27.0. The van der Waals surface area contributed by atoms with Crippen LogP contribution in [-0.4, -0.2) is 89.2 Å². The molecule has 0 amide bonds. The molecule has 0 aromatic carbocycles. The predicted octanol–water partition coefficient (Wildman–Crippen LogP) is 12.8. The Labute approximate surface area is 395 Å². The first-order valence-corrected chi connectivity index (χ1v) is 27.0. The first-order chi connectivity index (χ1) is 31.6. The first kappa shape index (κ1) is 60.7. The minimum absolute atomic E-state index is 0.0693. The van der Waals surface area contributed by atoms with Crippen LogP contribution in [0.15, 0.2) is 0 Å². The standard InChI is InChI=1S/C53H98O12/c1-4-7-10-13-16-19-22-23-26-27-30-33-36-39-45(54)61-42-44(63-46(55)40-37-34-31-28-24-20-17-14-11-8-5-2)43-62-53-51(49(58)48(57)50(65-53)52(59)60)64-47(56)41-38-35-32-29-25-21-18-15-12-9-6-3/h44,48-51,53,57-58H,4-43H2,1-3H3,(H,59,60). The summed E-state index contributed by atoms with van der Waals surface area (Å²) in [6, 6.07) is 0. The zero-order chi connectivity index (χ0) is 47.6. The van der Waals surface area contributed by atoms with Crippen LogP contribution in [0.5, 0.6) is 0 Å². The average molecular weight is 927 g/mol. The lowest BCUT2D eigenvalue weighted by atomic mass is 9.98. The number of esters is 3. The van der Waals surface area contributed by atoms with Crippen molar-refractivity contribution in [1.29, 1.82) is 0 Å². The summed E-state index contributed by atoms with van der Waals surface area (Å²) in [6.07, 6.45) is 30.9. The van der Waals surface area contributed by atoms with Crippen molar-refractivity contribution in [2.75, 3.05) is 13.2 Å². The summed E-state index contributed by atoms with van der Waals surface area (Å²) in [5.41, 5.74) is 0. The summed E-state index contributed by atoms with van der Waals surface area (Å²) >= 11 is 0. The molecule has 0 spiro atoms. The molecule has 0 radical (unpaired) electrons. The van der Waals surface area contributed by atoms with Crippen LogP contribution in [0.3, 0.4) is 0 Å². The van der Waals surface area contributed by atoms with Crippen LogP contribution in [0.4, 0.5) is 0 Å². The van der Waals surface area contributed by atoms with Crippen molar-refractivity contribution in [2.24, 2.45) is 0 Å². The average Bonchev–Trinajstić information content (AvgIpc) is 3.29. The van der Waals surface area contributed by atoms with Crippen molar-refractivity contribution in [3.8, 4) is 0 Å². The summed E-state index contributed by atoms with van der Waals surface area (Å²) in [5.74, 6) is -3.08. The molecule has 65 heavy (non-hydrogen) atoms. The Morgan fingerprint density at radius 2 is 0.785 bits per heavy atom. The molecule has 1 rings (SSSR count). The van der Waals surface area contributed by atoms with Crippen LogP contribution in [0.1, 0.15) is 265 Å². The molecular weight excluding hydrogens is 829 g/mol. The Hall–Kier alpha value is -2.28. The van der Waals surface area contributed by atoms with Gasteiger partial charge in [0.2, 0.25) is 0 Å². The highest BCUT2D eigenvalue weighted by molar-refractivity contribution is 5.74.